The van der Waals surface area contributed by atoms with E-state index >= 15 is 0 Å². The number of halogens is 1. The minimum absolute atomic E-state index is 0.212. The minimum atomic E-state index is -0.212. The fourth-order valence-electron chi connectivity index (χ4n) is 3.40. The van der Waals surface area contributed by atoms with Gasteiger partial charge in [0.25, 0.3) is 0 Å². The highest BCUT2D eigenvalue weighted by atomic mass is 19.1. The average Bonchev–Trinajstić information content (AvgIpc) is 3.30. The molecule has 2 aliphatic rings. The van der Waals surface area contributed by atoms with Crippen LogP contribution in [0.4, 0.5) is 10.2 Å². The second kappa shape index (κ2) is 5.65. The van der Waals surface area contributed by atoms with Crippen molar-refractivity contribution >= 4 is 5.82 Å². The van der Waals surface area contributed by atoms with E-state index in [1.165, 1.54) is 36.2 Å². The summed E-state index contributed by atoms with van der Waals surface area (Å²) in [6.07, 6.45) is 6.09. The fraction of sp³-hybridized carbons (Fsp3) is 0.316. The lowest BCUT2D eigenvalue weighted by Crippen LogP contribution is -2.18. The summed E-state index contributed by atoms with van der Waals surface area (Å²) in [5.74, 6) is 1.40. The molecule has 1 aliphatic carbocycles. The highest BCUT2D eigenvalue weighted by Gasteiger charge is 2.28. The summed E-state index contributed by atoms with van der Waals surface area (Å²) in [4.78, 5) is 11.1. The van der Waals surface area contributed by atoms with Crippen molar-refractivity contribution in [1.82, 2.24) is 19.7 Å². The van der Waals surface area contributed by atoms with Gasteiger partial charge < -0.3 is 4.90 Å². The van der Waals surface area contributed by atoms with Crippen molar-refractivity contribution in [3.63, 3.8) is 0 Å². The smallest absolute Gasteiger partial charge is 0.132 e. The number of aromatic nitrogens is 4. The molecule has 1 aromatic carbocycles. The van der Waals surface area contributed by atoms with Crippen LogP contribution < -0.4 is 4.90 Å². The van der Waals surface area contributed by atoms with Crippen LogP contribution in [0.5, 0.6) is 0 Å². The summed E-state index contributed by atoms with van der Waals surface area (Å²) in [5, 5.41) is 4.50. The maximum Gasteiger partial charge on any atom is 0.132 e. The minimum Gasteiger partial charge on any atom is -0.346 e. The number of fused-ring (bicyclic) bond motifs is 1. The predicted octanol–water partition coefficient (Wildman–Crippen LogP) is 3.26. The summed E-state index contributed by atoms with van der Waals surface area (Å²) in [6, 6.07) is 8.73. The molecule has 126 valence electrons. The van der Waals surface area contributed by atoms with E-state index in [9.17, 15) is 4.39 Å². The summed E-state index contributed by atoms with van der Waals surface area (Å²) < 4.78 is 15.1. The first kappa shape index (κ1) is 14.6. The lowest BCUT2D eigenvalue weighted by Gasteiger charge is -2.17. The van der Waals surface area contributed by atoms with Crippen molar-refractivity contribution in [2.45, 2.75) is 38.4 Å². The molecule has 0 N–H and O–H groups in total. The SMILES string of the molecule is Fc1ccc(Cn2ncc3c2CN(c2cc(C4CC4)ncn2)C3)cc1. The second-order valence-corrected chi connectivity index (χ2v) is 6.83. The van der Waals surface area contributed by atoms with Crippen LogP contribution in [0.2, 0.25) is 0 Å². The Labute approximate surface area is 145 Å². The average molecular weight is 335 g/mol. The zero-order valence-electron chi connectivity index (χ0n) is 13.8. The van der Waals surface area contributed by atoms with Gasteiger partial charge in [-0.1, -0.05) is 12.1 Å². The van der Waals surface area contributed by atoms with Crippen molar-refractivity contribution in [3.05, 3.63) is 71.2 Å². The normalized spacial score (nSPS) is 16.3. The molecule has 0 saturated heterocycles. The molecule has 1 fully saturated rings. The van der Waals surface area contributed by atoms with Gasteiger partial charge in [0, 0.05) is 29.8 Å². The molecule has 25 heavy (non-hydrogen) atoms. The molecular weight excluding hydrogens is 317 g/mol. The lowest BCUT2D eigenvalue weighted by atomic mass is 10.2. The molecule has 0 radical (unpaired) electrons. The van der Waals surface area contributed by atoms with Crippen molar-refractivity contribution in [3.8, 4) is 0 Å². The maximum absolute atomic E-state index is 13.1. The third kappa shape index (κ3) is 2.77. The van der Waals surface area contributed by atoms with E-state index < -0.39 is 0 Å². The fourth-order valence-corrected chi connectivity index (χ4v) is 3.40. The first-order chi connectivity index (χ1) is 12.3. The van der Waals surface area contributed by atoms with Gasteiger partial charge >= 0.3 is 0 Å². The molecular formula is C19H18FN5. The summed E-state index contributed by atoms with van der Waals surface area (Å²) >= 11 is 0. The van der Waals surface area contributed by atoms with E-state index in [2.05, 4.69) is 26.0 Å². The molecule has 0 unspecified atom stereocenters. The van der Waals surface area contributed by atoms with Crippen LogP contribution in [-0.2, 0) is 19.6 Å². The third-order valence-electron chi connectivity index (χ3n) is 4.98. The molecule has 5 nitrogen and oxygen atoms in total. The van der Waals surface area contributed by atoms with E-state index in [4.69, 9.17) is 0 Å². The number of benzene rings is 1. The number of rotatable bonds is 4. The van der Waals surface area contributed by atoms with Crippen molar-refractivity contribution in [2.24, 2.45) is 0 Å². The van der Waals surface area contributed by atoms with Crippen LogP contribution in [0.3, 0.4) is 0 Å². The Hall–Kier alpha value is -2.76. The van der Waals surface area contributed by atoms with Gasteiger partial charge in [-0.2, -0.15) is 5.10 Å². The Bertz CT molecular complexity index is 914. The molecule has 6 heteroatoms. The van der Waals surface area contributed by atoms with Gasteiger partial charge in [0.15, 0.2) is 0 Å². The van der Waals surface area contributed by atoms with Crippen LogP contribution in [-0.4, -0.2) is 19.7 Å². The summed E-state index contributed by atoms with van der Waals surface area (Å²) in [5.41, 5.74) is 4.64. The number of anilines is 1. The van der Waals surface area contributed by atoms with Crippen LogP contribution >= 0.6 is 0 Å². The Kier molecular flexibility index (Phi) is 3.29. The first-order valence-electron chi connectivity index (χ1n) is 8.61. The zero-order chi connectivity index (χ0) is 16.8. The monoisotopic (exact) mass is 335 g/mol. The molecule has 3 aromatic rings. The van der Waals surface area contributed by atoms with Gasteiger partial charge in [-0.05, 0) is 30.5 Å². The quantitative estimate of drug-likeness (QED) is 0.734. The molecule has 1 saturated carbocycles. The maximum atomic E-state index is 13.1. The van der Waals surface area contributed by atoms with Crippen LogP contribution in [0.1, 0.15) is 41.3 Å². The van der Waals surface area contributed by atoms with E-state index in [0.29, 0.717) is 12.5 Å². The number of nitrogens with zero attached hydrogens (tertiary/aromatic N) is 5. The number of hydrogen-bond donors (Lipinski definition) is 0. The van der Waals surface area contributed by atoms with E-state index in [0.717, 1.165) is 30.2 Å². The van der Waals surface area contributed by atoms with Gasteiger partial charge in [0.05, 0.1) is 25.0 Å². The van der Waals surface area contributed by atoms with Crippen LogP contribution in [0.25, 0.3) is 0 Å². The third-order valence-corrected chi connectivity index (χ3v) is 4.98. The highest BCUT2D eigenvalue weighted by molar-refractivity contribution is 5.46. The van der Waals surface area contributed by atoms with Crippen LogP contribution in [0, 0.1) is 5.82 Å². The molecule has 5 rings (SSSR count). The van der Waals surface area contributed by atoms with E-state index in [1.54, 1.807) is 6.33 Å². The predicted molar refractivity (Wildman–Crippen MR) is 91.6 cm³/mol. The molecule has 0 bridgehead atoms. The topological polar surface area (TPSA) is 46.8 Å². The van der Waals surface area contributed by atoms with Crippen molar-refractivity contribution < 1.29 is 4.39 Å². The molecule has 1 aliphatic heterocycles. The lowest BCUT2D eigenvalue weighted by molar-refractivity contribution is 0.620. The Balaban J connectivity index is 1.36. The molecule has 2 aromatic heterocycles. The van der Waals surface area contributed by atoms with Gasteiger partial charge in [-0.25, -0.2) is 14.4 Å². The van der Waals surface area contributed by atoms with Crippen LogP contribution in [0.15, 0.2) is 42.9 Å². The molecule has 0 amide bonds. The van der Waals surface area contributed by atoms with Gasteiger partial charge in [-0.3, -0.25) is 4.68 Å². The molecule has 0 atom stereocenters. The Morgan fingerprint density at radius 1 is 1.08 bits per heavy atom. The second-order valence-electron chi connectivity index (χ2n) is 6.83. The summed E-state index contributed by atoms with van der Waals surface area (Å²) in [7, 11) is 0. The standard InChI is InChI=1S/C19H18FN5/c20-16-5-1-13(2-6-16)9-25-18-11-24(10-15(18)8-23-25)19-7-17(14-3-4-14)21-12-22-19/h1-2,5-8,12,14H,3-4,9-11H2. The van der Waals surface area contributed by atoms with Gasteiger partial charge in [0.1, 0.15) is 18.0 Å². The number of hydrogen-bond acceptors (Lipinski definition) is 4. The molecule has 3 heterocycles. The highest BCUT2D eigenvalue weighted by Crippen LogP contribution is 2.40. The van der Waals surface area contributed by atoms with Crippen molar-refractivity contribution in [2.75, 3.05) is 4.90 Å². The van der Waals surface area contributed by atoms with Gasteiger partial charge in [-0.15, -0.1) is 0 Å². The molecule has 0 spiro atoms. The summed E-state index contributed by atoms with van der Waals surface area (Å²) in [6.45, 7) is 2.26. The first-order valence-corrected chi connectivity index (χ1v) is 8.61. The largest absolute Gasteiger partial charge is 0.346 e. The Morgan fingerprint density at radius 3 is 2.72 bits per heavy atom. The van der Waals surface area contributed by atoms with Crippen molar-refractivity contribution in [1.29, 1.82) is 0 Å². The Morgan fingerprint density at radius 2 is 1.92 bits per heavy atom. The zero-order valence-corrected chi connectivity index (χ0v) is 13.8. The van der Waals surface area contributed by atoms with E-state index in [1.807, 2.05) is 23.0 Å². The van der Waals surface area contributed by atoms with E-state index in [-0.39, 0.29) is 5.82 Å². The van der Waals surface area contributed by atoms with Gasteiger partial charge in [0.2, 0.25) is 0 Å².